The molecule has 18 heavy (non-hydrogen) atoms. The van der Waals surface area contributed by atoms with E-state index in [1.165, 1.54) is 0 Å². The van der Waals surface area contributed by atoms with Gasteiger partial charge in [-0.3, -0.25) is 4.79 Å². The van der Waals surface area contributed by atoms with Crippen LogP contribution in [-0.4, -0.2) is 7.11 Å². The molecule has 1 aromatic heterocycles. The van der Waals surface area contributed by atoms with Crippen molar-refractivity contribution in [3.63, 3.8) is 0 Å². The number of benzene rings is 2. The Morgan fingerprint density at radius 2 is 2.00 bits per heavy atom. The van der Waals surface area contributed by atoms with Gasteiger partial charge in [0.05, 0.1) is 17.9 Å². The van der Waals surface area contributed by atoms with Crippen molar-refractivity contribution in [1.29, 1.82) is 0 Å². The monoisotopic (exact) mass is 352 g/mol. The third-order valence-electron chi connectivity index (χ3n) is 2.85. The van der Waals surface area contributed by atoms with Crippen molar-refractivity contribution < 1.29 is 9.15 Å². The van der Waals surface area contributed by atoms with Crippen LogP contribution in [0, 0.1) is 3.57 Å². The van der Waals surface area contributed by atoms with Gasteiger partial charge in [0.2, 0.25) is 5.43 Å². The Morgan fingerprint density at radius 3 is 2.78 bits per heavy atom. The van der Waals surface area contributed by atoms with Gasteiger partial charge in [-0.05, 0) is 52.9 Å². The van der Waals surface area contributed by atoms with Crippen LogP contribution in [0.15, 0.2) is 45.6 Å². The van der Waals surface area contributed by atoms with Crippen LogP contribution in [0.1, 0.15) is 0 Å². The molecule has 1 heterocycles. The van der Waals surface area contributed by atoms with Crippen LogP contribution in [0.25, 0.3) is 21.9 Å². The SMILES string of the molecule is COc1ccc2oc3cccc(I)c3c(=O)c2c1. The van der Waals surface area contributed by atoms with Gasteiger partial charge in [-0.25, -0.2) is 0 Å². The first-order valence-corrected chi connectivity index (χ1v) is 6.47. The van der Waals surface area contributed by atoms with E-state index < -0.39 is 0 Å². The van der Waals surface area contributed by atoms with Crippen molar-refractivity contribution in [2.45, 2.75) is 0 Å². The van der Waals surface area contributed by atoms with Gasteiger partial charge in [-0.1, -0.05) is 6.07 Å². The van der Waals surface area contributed by atoms with Crippen molar-refractivity contribution >= 4 is 44.5 Å². The molecule has 0 amide bonds. The number of methoxy groups -OCH3 is 1. The lowest BCUT2D eigenvalue weighted by atomic mass is 10.1. The smallest absolute Gasteiger partial charge is 0.201 e. The summed E-state index contributed by atoms with van der Waals surface area (Å²) in [6.45, 7) is 0. The molecule has 3 aromatic rings. The molecule has 0 bridgehead atoms. The second-order valence-corrected chi connectivity index (χ2v) is 5.07. The second-order valence-electron chi connectivity index (χ2n) is 3.91. The van der Waals surface area contributed by atoms with Crippen LogP contribution in [-0.2, 0) is 0 Å². The van der Waals surface area contributed by atoms with E-state index in [-0.39, 0.29) is 5.43 Å². The minimum Gasteiger partial charge on any atom is -0.497 e. The number of ether oxygens (including phenoxy) is 1. The number of halogens is 1. The van der Waals surface area contributed by atoms with E-state index in [4.69, 9.17) is 9.15 Å². The van der Waals surface area contributed by atoms with Gasteiger partial charge in [0.25, 0.3) is 0 Å². The van der Waals surface area contributed by atoms with E-state index in [0.29, 0.717) is 27.7 Å². The Kier molecular flexibility index (Phi) is 2.74. The summed E-state index contributed by atoms with van der Waals surface area (Å²) in [6.07, 6.45) is 0. The summed E-state index contributed by atoms with van der Waals surface area (Å²) < 4.78 is 11.8. The normalized spacial score (nSPS) is 11.0. The fourth-order valence-electron chi connectivity index (χ4n) is 1.97. The molecule has 0 radical (unpaired) electrons. The molecule has 0 atom stereocenters. The maximum atomic E-state index is 12.5. The predicted octanol–water partition coefficient (Wildman–Crippen LogP) is 3.56. The van der Waals surface area contributed by atoms with Crippen LogP contribution < -0.4 is 10.2 Å². The molecular weight excluding hydrogens is 343 g/mol. The van der Waals surface area contributed by atoms with Gasteiger partial charge >= 0.3 is 0 Å². The van der Waals surface area contributed by atoms with Crippen molar-refractivity contribution in [2.24, 2.45) is 0 Å². The molecule has 0 saturated carbocycles. The number of fused-ring (bicyclic) bond motifs is 2. The lowest BCUT2D eigenvalue weighted by molar-refractivity contribution is 0.415. The highest BCUT2D eigenvalue weighted by atomic mass is 127. The third-order valence-corrected chi connectivity index (χ3v) is 3.75. The van der Waals surface area contributed by atoms with Crippen LogP contribution in [0.5, 0.6) is 5.75 Å². The molecule has 4 heteroatoms. The summed E-state index contributed by atoms with van der Waals surface area (Å²) in [4.78, 5) is 12.5. The van der Waals surface area contributed by atoms with Gasteiger partial charge in [0.15, 0.2) is 0 Å². The van der Waals surface area contributed by atoms with Crippen molar-refractivity contribution in [3.05, 3.63) is 50.2 Å². The average molecular weight is 352 g/mol. The Labute approximate surface area is 117 Å². The summed E-state index contributed by atoms with van der Waals surface area (Å²) in [6, 6.07) is 10.8. The van der Waals surface area contributed by atoms with Crippen LogP contribution in [0.3, 0.4) is 0 Å². The molecular formula is C14H9IO3. The van der Waals surface area contributed by atoms with E-state index in [2.05, 4.69) is 22.6 Å². The zero-order chi connectivity index (χ0) is 12.7. The maximum Gasteiger partial charge on any atom is 0.201 e. The predicted molar refractivity (Wildman–Crippen MR) is 79.3 cm³/mol. The topological polar surface area (TPSA) is 39.4 Å². The largest absolute Gasteiger partial charge is 0.497 e. The zero-order valence-electron chi connectivity index (χ0n) is 9.57. The van der Waals surface area contributed by atoms with Gasteiger partial charge in [0.1, 0.15) is 16.9 Å². The van der Waals surface area contributed by atoms with Gasteiger partial charge in [-0.15, -0.1) is 0 Å². The first-order valence-electron chi connectivity index (χ1n) is 5.40. The van der Waals surface area contributed by atoms with Crippen LogP contribution >= 0.6 is 22.6 Å². The highest BCUT2D eigenvalue weighted by molar-refractivity contribution is 14.1. The first-order chi connectivity index (χ1) is 8.70. The van der Waals surface area contributed by atoms with Gasteiger partial charge in [-0.2, -0.15) is 0 Å². The van der Waals surface area contributed by atoms with Gasteiger partial charge < -0.3 is 9.15 Å². The molecule has 2 aromatic carbocycles. The summed E-state index contributed by atoms with van der Waals surface area (Å²) >= 11 is 2.14. The number of hydrogen-bond donors (Lipinski definition) is 0. The quantitative estimate of drug-likeness (QED) is 0.497. The summed E-state index contributed by atoms with van der Waals surface area (Å²) in [5, 5.41) is 1.17. The van der Waals surface area contributed by atoms with Gasteiger partial charge in [0, 0.05) is 3.57 Å². The lowest BCUT2D eigenvalue weighted by Gasteiger charge is -2.04. The van der Waals surface area contributed by atoms with Crippen molar-refractivity contribution in [1.82, 2.24) is 0 Å². The third kappa shape index (κ3) is 1.68. The highest BCUT2D eigenvalue weighted by Crippen LogP contribution is 2.24. The molecule has 0 fully saturated rings. The summed E-state index contributed by atoms with van der Waals surface area (Å²) in [5.74, 6) is 0.653. The van der Waals surface area contributed by atoms with Crippen molar-refractivity contribution in [2.75, 3.05) is 7.11 Å². The van der Waals surface area contributed by atoms with E-state index in [1.54, 1.807) is 25.3 Å². The Bertz CT molecular complexity index is 805. The number of hydrogen-bond acceptors (Lipinski definition) is 3. The highest BCUT2D eigenvalue weighted by Gasteiger charge is 2.10. The Balaban J connectivity index is 2.54. The molecule has 0 saturated heterocycles. The van der Waals surface area contributed by atoms with Crippen LogP contribution in [0.4, 0.5) is 0 Å². The molecule has 0 N–H and O–H groups in total. The molecule has 3 nitrogen and oxygen atoms in total. The second kappa shape index (κ2) is 4.28. The average Bonchev–Trinajstić information content (AvgIpc) is 2.38. The molecule has 90 valence electrons. The number of rotatable bonds is 1. The van der Waals surface area contributed by atoms with E-state index in [9.17, 15) is 4.79 Å². The first kappa shape index (κ1) is 11.5. The summed E-state index contributed by atoms with van der Waals surface area (Å²) in [7, 11) is 1.58. The fraction of sp³-hybridized carbons (Fsp3) is 0.0714. The minimum absolute atomic E-state index is 0.0184. The van der Waals surface area contributed by atoms with E-state index in [1.807, 2.05) is 18.2 Å². The molecule has 0 unspecified atom stereocenters. The molecule has 0 spiro atoms. The standard InChI is InChI=1S/C14H9IO3/c1-17-8-5-6-11-9(7-8)14(16)13-10(15)3-2-4-12(13)18-11/h2-7H,1H3. The van der Waals surface area contributed by atoms with E-state index in [0.717, 1.165) is 3.57 Å². The van der Waals surface area contributed by atoms with E-state index >= 15 is 0 Å². The zero-order valence-corrected chi connectivity index (χ0v) is 11.7. The molecule has 3 rings (SSSR count). The lowest BCUT2D eigenvalue weighted by Crippen LogP contribution is -2.04. The Morgan fingerprint density at radius 1 is 1.17 bits per heavy atom. The van der Waals surface area contributed by atoms with Crippen molar-refractivity contribution in [3.8, 4) is 5.75 Å². The minimum atomic E-state index is -0.0184. The molecule has 0 aliphatic heterocycles. The molecule has 0 aliphatic rings. The fourth-order valence-corrected chi connectivity index (χ4v) is 2.68. The summed E-state index contributed by atoms with van der Waals surface area (Å²) in [5.41, 5.74) is 1.18. The Hall–Kier alpha value is -1.56. The van der Waals surface area contributed by atoms with Crippen LogP contribution in [0.2, 0.25) is 0 Å². The molecule has 0 aliphatic carbocycles. The maximum absolute atomic E-state index is 12.5.